The molecule has 0 bridgehead atoms. The molecule has 1 amide bonds. The second-order valence-electron chi connectivity index (χ2n) is 6.34. The van der Waals surface area contributed by atoms with Crippen molar-refractivity contribution in [3.8, 4) is 5.69 Å². The molecule has 4 aromatic rings. The number of hydrogen-bond donors (Lipinski definition) is 2. The van der Waals surface area contributed by atoms with E-state index in [0.717, 1.165) is 11.0 Å². The molecule has 0 saturated carbocycles. The van der Waals surface area contributed by atoms with E-state index in [-0.39, 0.29) is 11.9 Å². The number of para-hydroxylation sites is 3. The highest BCUT2D eigenvalue weighted by molar-refractivity contribution is 5.95. The molecule has 0 spiro atoms. The molecule has 2 N–H and O–H groups in total. The Morgan fingerprint density at radius 3 is 2.70 bits per heavy atom. The Morgan fingerprint density at radius 2 is 1.93 bits per heavy atom. The van der Waals surface area contributed by atoms with Crippen LogP contribution in [-0.2, 0) is 0 Å². The number of fused-ring (bicyclic) bond motifs is 1. The van der Waals surface area contributed by atoms with Crippen molar-refractivity contribution in [2.75, 3.05) is 0 Å². The fraction of sp³-hybridized carbons (Fsp3) is 0.150. The lowest BCUT2D eigenvalue weighted by Crippen LogP contribution is -2.27. The van der Waals surface area contributed by atoms with Gasteiger partial charge in [0.2, 0.25) is 0 Å². The van der Waals surface area contributed by atoms with Crippen molar-refractivity contribution in [3.05, 3.63) is 77.6 Å². The zero-order valence-corrected chi connectivity index (χ0v) is 14.9. The predicted molar refractivity (Wildman–Crippen MR) is 100 cm³/mol. The number of imidazole rings is 1. The van der Waals surface area contributed by atoms with Gasteiger partial charge in [0.05, 0.1) is 34.5 Å². The van der Waals surface area contributed by atoms with Crippen molar-refractivity contribution >= 4 is 16.9 Å². The molecule has 0 aliphatic rings. The highest BCUT2D eigenvalue weighted by atomic mass is 19.1. The molecule has 7 heteroatoms. The molecule has 136 valence electrons. The number of hydrogen-bond acceptors (Lipinski definition) is 3. The summed E-state index contributed by atoms with van der Waals surface area (Å²) in [6.07, 6.45) is 1.45. The van der Waals surface area contributed by atoms with E-state index in [0.29, 0.717) is 22.8 Å². The van der Waals surface area contributed by atoms with Gasteiger partial charge in [0.25, 0.3) is 5.91 Å². The molecule has 4 rings (SSSR count). The monoisotopic (exact) mass is 363 g/mol. The number of aromatic nitrogens is 4. The van der Waals surface area contributed by atoms with Gasteiger partial charge in [-0.15, -0.1) is 0 Å². The Bertz CT molecular complexity index is 1100. The van der Waals surface area contributed by atoms with Crippen LogP contribution in [-0.4, -0.2) is 25.7 Å². The lowest BCUT2D eigenvalue weighted by atomic mass is 10.2. The molecule has 2 aromatic carbocycles. The van der Waals surface area contributed by atoms with E-state index in [1.54, 1.807) is 25.1 Å². The number of rotatable bonds is 4. The summed E-state index contributed by atoms with van der Waals surface area (Å²) in [5.41, 5.74) is 3.02. The summed E-state index contributed by atoms with van der Waals surface area (Å²) >= 11 is 0. The average Bonchev–Trinajstić information content (AvgIpc) is 3.26. The molecule has 0 radical (unpaired) electrons. The average molecular weight is 363 g/mol. The Hall–Kier alpha value is -3.48. The summed E-state index contributed by atoms with van der Waals surface area (Å²) in [6, 6.07) is 13.7. The number of nitrogens with one attached hydrogen (secondary N) is 2. The van der Waals surface area contributed by atoms with Crippen molar-refractivity contribution in [3.63, 3.8) is 0 Å². The normalized spacial score (nSPS) is 12.3. The van der Waals surface area contributed by atoms with Gasteiger partial charge in [-0.05, 0) is 38.1 Å². The fourth-order valence-corrected chi connectivity index (χ4v) is 3.02. The number of amides is 1. The van der Waals surface area contributed by atoms with Crippen LogP contribution in [0.3, 0.4) is 0 Å². The summed E-state index contributed by atoms with van der Waals surface area (Å²) in [4.78, 5) is 20.4. The van der Waals surface area contributed by atoms with Crippen LogP contribution in [0.2, 0.25) is 0 Å². The summed E-state index contributed by atoms with van der Waals surface area (Å²) in [5, 5.41) is 7.09. The van der Waals surface area contributed by atoms with Crippen LogP contribution in [0.15, 0.2) is 54.7 Å². The third-order valence-corrected chi connectivity index (χ3v) is 4.50. The smallest absolute Gasteiger partial charge is 0.255 e. The van der Waals surface area contributed by atoms with Gasteiger partial charge in [-0.2, -0.15) is 5.10 Å². The van der Waals surface area contributed by atoms with E-state index >= 15 is 0 Å². The number of carbonyl (C=O) groups excluding carboxylic acids is 1. The summed E-state index contributed by atoms with van der Waals surface area (Å²) in [6.45, 7) is 3.59. The van der Waals surface area contributed by atoms with Gasteiger partial charge in [-0.1, -0.05) is 24.3 Å². The Balaban J connectivity index is 1.57. The molecule has 1 unspecified atom stereocenters. The van der Waals surface area contributed by atoms with Crippen LogP contribution in [0, 0.1) is 12.7 Å². The minimum Gasteiger partial charge on any atom is -0.342 e. The standard InChI is InChI=1S/C20H18FN5O/c1-12(19-24-16-8-4-5-9-17(16)25-19)23-20(27)14-11-22-26(13(14)2)18-10-6-3-7-15(18)21/h3-12H,1-2H3,(H,23,27)(H,24,25). The molecule has 0 fully saturated rings. The molecular weight excluding hydrogens is 345 g/mol. The second kappa shape index (κ2) is 6.68. The number of H-pyrrole nitrogens is 1. The maximum absolute atomic E-state index is 14.0. The lowest BCUT2D eigenvalue weighted by Gasteiger charge is -2.11. The predicted octanol–water partition coefficient (Wildman–Crippen LogP) is 3.69. The Labute approximate surface area is 155 Å². The van der Waals surface area contributed by atoms with Crippen molar-refractivity contribution < 1.29 is 9.18 Å². The van der Waals surface area contributed by atoms with Gasteiger partial charge >= 0.3 is 0 Å². The van der Waals surface area contributed by atoms with Crippen LogP contribution in [0.4, 0.5) is 4.39 Å². The van der Waals surface area contributed by atoms with E-state index in [1.165, 1.54) is 16.9 Å². The molecule has 0 aliphatic heterocycles. The third-order valence-electron chi connectivity index (χ3n) is 4.50. The van der Waals surface area contributed by atoms with Crippen molar-refractivity contribution in [2.45, 2.75) is 19.9 Å². The first kappa shape index (κ1) is 17.0. The first-order valence-corrected chi connectivity index (χ1v) is 8.59. The molecule has 2 aromatic heterocycles. The topological polar surface area (TPSA) is 75.6 Å². The number of benzene rings is 2. The Morgan fingerprint density at radius 1 is 1.19 bits per heavy atom. The summed E-state index contributed by atoms with van der Waals surface area (Å²) in [5.74, 6) is -0.0157. The molecular formula is C20H18FN5O. The molecule has 1 atom stereocenters. The third kappa shape index (κ3) is 3.08. The minimum absolute atomic E-state index is 0.289. The molecule has 6 nitrogen and oxygen atoms in total. The number of aromatic amines is 1. The van der Waals surface area contributed by atoms with Gasteiger partial charge in [0, 0.05) is 0 Å². The second-order valence-corrected chi connectivity index (χ2v) is 6.34. The van der Waals surface area contributed by atoms with Gasteiger partial charge in [-0.25, -0.2) is 14.1 Å². The minimum atomic E-state index is -0.397. The first-order chi connectivity index (χ1) is 13.0. The quantitative estimate of drug-likeness (QED) is 0.581. The summed E-state index contributed by atoms with van der Waals surface area (Å²) in [7, 11) is 0. The van der Waals surface area contributed by atoms with Crippen LogP contribution in [0.1, 0.15) is 34.8 Å². The van der Waals surface area contributed by atoms with Crippen molar-refractivity contribution in [2.24, 2.45) is 0 Å². The highest BCUT2D eigenvalue weighted by Crippen LogP contribution is 2.19. The van der Waals surface area contributed by atoms with Crippen molar-refractivity contribution in [1.29, 1.82) is 0 Å². The van der Waals surface area contributed by atoms with E-state index < -0.39 is 5.82 Å². The van der Waals surface area contributed by atoms with Gasteiger partial charge < -0.3 is 10.3 Å². The van der Waals surface area contributed by atoms with Crippen molar-refractivity contribution in [1.82, 2.24) is 25.1 Å². The number of carbonyl (C=O) groups is 1. The van der Waals surface area contributed by atoms with Gasteiger partial charge in [0.1, 0.15) is 17.3 Å². The van der Waals surface area contributed by atoms with Crippen LogP contribution in [0.25, 0.3) is 16.7 Å². The highest BCUT2D eigenvalue weighted by Gasteiger charge is 2.20. The molecule has 2 heterocycles. The maximum Gasteiger partial charge on any atom is 0.255 e. The van der Waals surface area contributed by atoms with Crippen LogP contribution < -0.4 is 5.32 Å². The maximum atomic E-state index is 14.0. The molecule has 27 heavy (non-hydrogen) atoms. The fourth-order valence-electron chi connectivity index (χ4n) is 3.02. The first-order valence-electron chi connectivity index (χ1n) is 8.59. The Kier molecular flexibility index (Phi) is 4.19. The van der Waals surface area contributed by atoms with Crippen LogP contribution in [0.5, 0.6) is 0 Å². The van der Waals surface area contributed by atoms with E-state index in [1.807, 2.05) is 31.2 Å². The zero-order chi connectivity index (χ0) is 19.0. The SMILES string of the molecule is Cc1c(C(=O)NC(C)c2nc3ccccc3[nH]2)cnn1-c1ccccc1F. The number of halogens is 1. The zero-order valence-electron chi connectivity index (χ0n) is 14.9. The largest absolute Gasteiger partial charge is 0.342 e. The van der Waals surface area contributed by atoms with E-state index in [4.69, 9.17) is 0 Å². The molecule has 0 saturated heterocycles. The van der Waals surface area contributed by atoms with Crippen LogP contribution >= 0.6 is 0 Å². The summed E-state index contributed by atoms with van der Waals surface area (Å²) < 4.78 is 15.5. The lowest BCUT2D eigenvalue weighted by molar-refractivity contribution is 0.0938. The van der Waals surface area contributed by atoms with Gasteiger partial charge in [0.15, 0.2) is 0 Å². The number of nitrogens with zero attached hydrogens (tertiary/aromatic N) is 3. The molecule has 0 aliphatic carbocycles. The van der Waals surface area contributed by atoms with Gasteiger partial charge in [-0.3, -0.25) is 4.79 Å². The van der Waals surface area contributed by atoms with E-state index in [9.17, 15) is 9.18 Å². The van der Waals surface area contributed by atoms with E-state index in [2.05, 4.69) is 20.4 Å².